The number of nitrogens with zero attached hydrogens (tertiary/aromatic N) is 1. The molecule has 0 aliphatic rings. The van der Waals surface area contributed by atoms with E-state index in [0.717, 1.165) is 12.1 Å². The zero-order valence-corrected chi connectivity index (χ0v) is 13.7. The van der Waals surface area contributed by atoms with Crippen molar-refractivity contribution in [2.75, 3.05) is 23.9 Å². The van der Waals surface area contributed by atoms with Gasteiger partial charge in [-0.05, 0) is 36.4 Å². The van der Waals surface area contributed by atoms with Crippen molar-refractivity contribution in [2.24, 2.45) is 0 Å². The fraction of sp³-hybridized carbons (Fsp3) is 0.176. The van der Waals surface area contributed by atoms with Gasteiger partial charge in [0.2, 0.25) is 0 Å². The van der Waals surface area contributed by atoms with Crippen molar-refractivity contribution < 1.29 is 27.1 Å². The average Bonchev–Trinajstić information content (AvgIpc) is 3.01. The van der Waals surface area contributed by atoms with E-state index in [1.54, 1.807) is 18.2 Å². The number of H-pyrrole nitrogens is 1. The molecule has 0 fully saturated rings. The number of urea groups is 1. The van der Waals surface area contributed by atoms with Crippen molar-refractivity contribution in [3.63, 3.8) is 0 Å². The average molecular weight is 382 g/mol. The molecule has 0 bridgehead atoms. The number of benzene rings is 2. The standard InChI is InChI=1S/C17H14F4N4O2/c18-6-7-27-12-4-5-14-13(9-12)15(25-24-14)23-16(26)22-11-3-1-2-10(8-11)17(19,20)21/h1-5,8-9H,6-7H2,(H3,22,23,24,25,26). The third-order valence-corrected chi connectivity index (χ3v) is 3.56. The van der Waals surface area contributed by atoms with E-state index >= 15 is 0 Å². The van der Waals surface area contributed by atoms with Crippen molar-refractivity contribution >= 4 is 28.4 Å². The summed E-state index contributed by atoms with van der Waals surface area (Å²) in [5.74, 6) is 0.545. The molecule has 1 aromatic heterocycles. The maximum atomic E-state index is 12.7. The van der Waals surface area contributed by atoms with Gasteiger partial charge in [-0.3, -0.25) is 10.4 Å². The molecular weight excluding hydrogens is 368 g/mol. The first-order chi connectivity index (χ1) is 12.9. The molecule has 0 atom stereocenters. The van der Waals surface area contributed by atoms with Crippen LogP contribution in [0, 0.1) is 0 Å². The largest absolute Gasteiger partial charge is 0.491 e. The number of nitrogens with one attached hydrogen (secondary N) is 3. The zero-order valence-electron chi connectivity index (χ0n) is 13.7. The van der Waals surface area contributed by atoms with E-state index in [1.165, 1.54) is 12.1 Å². The fourth-order valence-electron chi connectivity index (χ4n) is 2.38. The van der Waals surface area contributed by atoms with Gasteiger partial charge in [0.05, 0.1) is 11.1 Å². The molecule has 1 heterocycles. The number of carbonyl (C=O) groups is 1. The van der Waals surface area contributed by atoms with Crippen LogP contribution in [-0.4, -0.2) is 29.5 Å². The summed E-state index contributed by atoms with van der Waals surface area (Å²) in [6, 6.07) is 8.31. The number of hydrogen-bond donors (Lipinski definition) is 3. The minimum Gasteiger partial charge on any atom is -0.491 e. The number of alkyl halides is 4. The highest BCUT2D eigenvalue weighted by Crippen LogP contribution is 2.31. The van der Waals surface area contributed by atoms with Gasteiger partial charge in [0.1, 0.15) is 19.0 Å². The zero-order chi connectivity index (χ0) is 19.4. The molecule has 0 unspecified atom stereocenters. The van der Waals surface area contributed by atoms with Gasteiger partial charge in [-0.2, -0.15) is 18.3 Å². The predicted octanol–water partition coefficient (Wildman–Crippen LogP) is 4.57. The Morgan fingerprint density at radius 1 is 1.15 bits per heavy atom. The maximum Gasteiger partial charge on any atom is 0.416 e. The Balaban J connectivity index is 1.74. The Bertz CT molecular complexity index is 956. The summed E-state index contributed by atoms with van der Waals surface area (Å²) in [5.41, 5.74) is -0.300. The van der Waals surface area contributed by atoms with Crippen LogP contribution in [0.25, 0.3) is 10.9 Å². The van der Waals surface area contributed by atoms with Crippen LogP contribution in [0.15, 0.2) is 42.5 Å². The molecule has 10 heteroatoms. The highest BCUT2D eigenvalue weighted by atomic mass is 19.4. The summed E-state index contributed by atoms with van der Waals surface area (Å²) in [7, 11) is 0. The third kappa shape index (κ3) is 4.46. The Hall–Kier alpha value is -3.30. The van der Waals surface area contributed by atoms with Crippen LogP contribution >= 0.6 is 0 Å². The fourth-order valence-corrected chi connectivity index (χ4v) is 2.38. The van der Waals surface area contributed by atoms with E-state index in [9.17, 15) is 22.4 Å². The van der Waals surface area contributed by atoms with Crippen LogP contribution in [-0.2, 0) is 6.18 Å². The number of fused-ring (bicyclic) bond motifs is 1. The molecule has 3 N–H and O–H groups in total. The first-order valence-electron chi connectivity index (χ1n) is 7.79. The van der Waals surface area contributed by atoms with E-state index in [0.29, 0.717) is 16.7 Å². The molecule has 0 spiro atoms. The lowest BCUT2D eigenvalue weighted by Crippen LogP contribution is -2.20. The highest BCUT2D eigenvalue weighted by Gasteiger charge is 2.30. The predicted molar refractivity (Wildman–Crippen MR) is 91.6 cm³/mol. The lowest BCUT2D eigenvalue weighted by atomic mass is 10.2. The second-order valence-corrected chi connectivity index (χ2v) is 5.47. The van der Waals surface area contributed by atoms with E-state index in [2.05, 4.69) is 20.8 Å². The van der Waals surface area contributed by atoms with E-state index in [-0.39, 0.29) is 18.1 Å². The normalized spacial score (nSPS) is 11.4. The Morgan fingerprint density at radius 3 is 2.70 bits per heavy atom. The van der Waals surface area contributed by atoms with E-state index < -0.39 is 24.4 Å². The molecule has 0 saturated heterocycles. The number of ether oxygens (including phenoxy) is 1. The molecular formula is C17H14F4N4O2. The lowest BCUT2D eigenvalue weighted by molar-refractivity contribution is -0.137. The Labute approximate surface area is 150 Å². The van der Waals surface area contributed by atoms with Gasteiger partial charge in [0, 0.05) is 11.1 Å². The highest BCUT2D eigenvalue weighted by molar-refractivity contribution is 6.04. The van der Waals surface area contributed by atoms with Gasteiger partial charge in [-0.25, -0.2) is 9.18 Å². The summed E-state index contributed by atoms with van der Waals surface area (Å²) >= 11 is 0. The smallest absolute Gasteiger partial charge is 0.416 e. The first kappa shape index (κ1) is 18.5. The van der Waals surface area contributed by atoms with Crippen LogP contribution in [0.1, 0.15) is 5.56 Å². The minimum absolute atomic E-state index is 0.0193. The number of halogens is 4. The lowest BCUT2D eigenvalue weighted by Gasteiger charge is -2.10. The Kier molecular flexibility index (Phi) is 5.15. The van der Waals surface area contributed by atoms with Crippen LogP contribution < -0.4 is 15.4 Å². The van der Waals surface area contributed by atoms with Gasteiger partial charge < -0.3 is 10.1 Å². The number of aromatic nitrogens is 2. The number of hydrogen-bond acceptors (Lipinski definition) is 3. The second kappa shape index (κ2) is 7.52. The molecule has 3 aromatic rings. The van der Waals surface area contributed by atoms with Crippen molar-refractivity contribution in [2.45, 2.75) is 6.18 Å². The molecule has 27 heavy (non-hydrogen) atoms. The monoisotopic (exact) mass is 382 g/mol. The van der Waals surface area contributed by atoms with Crippen LogP contribution in [0.5, 0.6) is 5.75 Å². The molecule has 0 saturated carbocycles. The van der Waals surface area contributed by atoms with E-state index in [1.807, 2.05) is 0 Å². The number of amides is 2. The van der Waals surface area contributed by atoms with Gasteiger partial charge in [-0.1, -0.05) is 6.07 Å². The van der Waals surface area contributed by atoms with Crippen molar-refractivity contribution in [3.05, 3.63) is 48.0 Å². The molecule has 2 amide bonds. The van der Waals surface area contributed by atoms with Crippen LogP contribution in [0.4, 0.5) is 33.9 Å². The van der Waals surface area contributed by atoms with Gasteiger partial charge in [-0.15, -0.1) is 0 Å². The molecule has 0 aliphatic carbocycles. The molecule has 6 nitrogen and oxygen atoms in total. The first-order valence-corrected chi connectivity index (χ1v) is 7.79. The summed E-state index contributed by atoms with van der Waals surface area (Å²) in [6.45, 7) is -0.754. The molecule has 142 valence electrons. The molecule has 0 aliphatic heterocycles. The number of aromatic amines is 1. The summed E-state index contributed by atoms with van der Waals surface area (Å²) in [5, 5.41) is 11.9. The Morgan fingerprint density at radius 2 is 1.96 bits per heavy atom. The summed E-state index contributed by atoms with van der Waals surface area (Å²) < 4.78 is 55.6. The number of rotatable bonds is 5. The maximum absolute atomic E-state index is 12.7. The van der Waals surface area contributed by atoms with Gasteiger partial charge in [0.25, 0.3) is 0 Å². The van der Waals surface area contributed by atoms with Crippen LogP contribution in [0.2, 0.25) is 0 Å². The van der Waals surface area contributed by atoms with Crippen LogP contribution in [0.3, 0.4) is 0 Å². The van der Waals surface area contributed by atoms with Crippen molar-refractivity contribution in [1.29, 1.82) is 0 Å². The molecule has 2 aromatic carbocycles. The molecule has 3 rings (SSSR count). The van der Waals surface area contributed by atoms with Crippen molar-refractivity contribution in [1.82, 2.24) is 10.2 Å². The quantitative estimate of drug-likeness (QED) is 0.566. The van der Waals surface area contributed by atoms with Crippen molar-refractivity contribution in [3.8, 4) is 5.75 Å². The van der Waals surface area contributed by atoms with Gasteiger partial charge >= 0.3 is 12.2 Å². The van der Waals surface area contributed by atoms with Gasteiger partial charge in [0.15, 0.2) is 5.82 Å². The number of anilines is 2. The molecule has 0 radical (unpaired) electrons. The minimum atomic E-state index is -4.51. The summed E-state index contributed by atoms with van der Waals surface area (Å²) in [4.78, 5) is 12.1. The second-order valence-electron chi connectivity index (χ2n) is 5.47. The van der Waals surface area contributed by atoms with E-state index in [4.69, 9.17) is 4.74 Å². The SMILES string of the molecule is O=C(Nc1cccc(C(F)(F)F)c1)Nc1n[nH]c2ccc(OCCF)cc12. The summed E-state index contributed by atoms with van der Waals surface area (Å²) in [6.07, 6.45) is -4.51. The topological polar surface area (TPSA) is 79.0 Å². The third-order valence-electron chi connectivity index (χ3n) is 3.56. The number of carbonyl (C=O) groups excluding carboxylic acids is 1.